The second-order valence-corrected chi connectivity index (χ2v) is 6.91. The lowest BCUT2D eigenvalue weighted by atomic mass is 9.96. The van der Waals surface area contributed by atoms with Gasteiger partial charge in [-0.25, -0.2) is 9.07 Å². The molecule has 6 nitrogen and oxygen atoms in total. The first-order chi connectivity index (χ1) is 13.0. The summed E-state index contributed by atoms with van der Waals surface area (Å²) in [7, 11) is 0. The van der Waals surface area contributed by atoms with Gasteiger partial charge in [0.2, 0.25) is 5.91 Å². The number of carbonyl (C=O) groups is 2. The minimum Gasteiger partial charge on any atom is -0.356 e. The van der Waals surface area contributed by atoms with Crippen molar-refractivity contribution in [2.24, 2.45) is 5.92 Å². The Labute approximate surface area is 158 Å². The third-order valence-corrected chi connectivity index (χ3v) is 4.94. The summed E-state index contributed by atoms with van der Waals surface area (Å²) < 4.78 is 14.8. The molecule has 3 rings (SSSR count). The smallest absolute Gasteiger partial charge is 0.257 e. The minimum atomic E-state index is -0.319. The molecule has 1 aromatic heterocycles. The highest BCUT2D eigenvalue weighted by Crippen LogP contribution is 2.21. The summed E-state index contributed by atoms with van der Waals surface area (Å²) in [5.41, 5.74) is 1.90. The van der Waals surface area contributed by atoms with Crippen LogP contribution in [0.2, 0.25) is 0 Å². The van der Waals surface area contributed by atoms with Crippen molar-refractivity contribution >= 4 is 11.8 Å². The topological polar surface area (TPSA) is 67.2 Å². The summed E-state index contributed by atoms with van der Waals surface area (Å²) >= 11 is 0. The van der Waals surface area contributed by atoms with E-state index < -0.39 is 0 Å². The van der Waals surface area contributed by atoms with Crippen molar-refractivity contribution in [1.82, 2.24) is 20.0 Å². The van der Waals surface area contributed by atoms with Gasteiger partial charge in [0.1, 0.15) is 5.82 Å². The van der Waals surface area contributed by atoms with Crippen LogP contribution in [-0.4, -0.2) is 46.1 Å². The maximum absolute atomic E-state index is 13.1. The molecule has 2 aromatic rings. The molecule has 0 bridgehead atoms. The Bertz CT molecular complexity index is 816. The fraction of sp³-hybridized carbons (Fsp3) is 0.450. The van der Waals surface area contributed by atoms with Crippen molar-refractivity contribution in [2.75, 3.05) is 19.6 Å². The molecule has 0 saturated carbocycles. The van der Waals surface area contributed by atoms with Gasteiger partial charge in [0.15, 0.2) is 0 Å². The maximum Gasteiger partial charge on any atom is 0.257 e. The first kappa shape index (κ1) is 19.1. The predicted octanol–water partition coefficient (Wildman–Crippen LogP) is 2.70. The van der Waals surface area contributed by atoms with Crippen molar-refractivity contribution in [3.8, 4) is 5.69 Å². The summed E-state index contributed by atoms with van der Waals surface area (Å²) in [6.45, 7) is 5.55. The molecule has 1 aliphatic heterocycles. The van der Waals surface area contributed by atoms with Crippen LogP contribution in [-0.2, 0) is 4.79 Å². The molecular weight excluding hydrogens is 347 g/mol. The zero-order chi connectivity index (χ0) is 19.4. The molecule has 1 unspecified atom stereocenters. The van der Waals surface area contributed by atoms with Crippen LogP contribution in [0.3, 0.4) is 0 Å². The molecule has 0 aliphatic carbocycles. The molecule has 1 atom stereocenters. The zero-order valence-corrected chi connectivity index (χ0v) is 15.7. The van der Waals surface area contributed by atoms with Gasteiger partial charge in [0, 0.05) is 19.6 Å². The highest BCUT2D eigenvalue weighted by Gasteiger charge is 2.30. The van der Waals surface area contributed by atoms with Gasteiger partial charge in [-0.2, -0.15) is 5.10 Å². The molecule has 0 radical (unpaired) electrons. The van der Waals surface area contributed by atoms with E-state index in [0.717, 1.165) is 19.3 Å². The third-order valence-electron chi connectivity index (χ3n) is 4.94. The third kappa shape index (κ3) is 4.18. The van der Waals surface area contributed by atoms with Gasteiger partial charge in [-0.1, -0.05) is 6.92 Å². The summed E-state index contributed by atoms with van der Waals surface area (Å²) in [5, 5.41) is 7.21. The average molecular weight is 372 g/mol. The Morgan fingerprint density at radius 2 is 2.04 bits per heavy atom. The van der Waals surface area contributed by atoms with Crippen LogP contribution < -0.4 is 5.32 Å². The van der Waals surface area contributed by atoms with Gasteiger partial charge in [-0.05, 0) is 50.5 Å². The maximum atomic E-state index is 13.1. The van der Waals surface area contributed by atoms with Crippen molar-refractivity contribution in [1.29, 1.82) is 0 Å². The monoisotopic (exact) mass is 372 g/mol. The van der Waals surface area contributed by atoms with Gasteiger partial charge < -0.3 is 10.2 Å². The number of amides is 2. The molecule has 144 valence electrons. The van der Waals surface area contributed by atoms with E-state index in [4.69, 9.17) is 0 Å². The molecular formula is C20H25FN4O2. The SMILES string of the molecule is CCCNC(=O)C1CCCN(C(=O)c2cnn(-c3ccc(F)cc3)c2C)C1. The standard InChI is InChI=1S/C20H25FN4O2/c1-3-10-22-19(26)15-5-4-11-24(13-15)20(27)18-12-23-25(14(18)2)17-8-6-16(21)7-9-17/h6-9,12,15H,3-5,10-11,13H2,1-2H3,(H,22,26). The second-order valence-electron chi connectivity index (χ2n) is 6.91. The molecule has 2 amide bonds. The predicted molar refractivity (Wildman–Crippen MR) is 100 cm³/mol. The fourth-order valence-corrected chi connectivity index (χ4v) is 3.40. The zero-order valence-electron chi connectivity index (χ0n) is 15.7. The molecule has 1 saturated heterocycles. The molecule has 1 aliphatic rings. The van der Waals surface area contributed by atoms with Crippen LogP contribution in [0, 0.1) is 18.7 Å². The number of rotatable bonds is 5. The fourth-order valence-electron chi connectivity index (χ4n) is 3.40. The Hall–Kier alpha value is -2.70. The first-order valence-corrected chi connectivity index (χ1v) is 9.38. The Morgan fingerprint density at radius 3 is 2.74 bits per heavy atom. The second kappa shape index (κ2) is 8.33. The number of piperidine rings is 1. The lowest BCUT2D eigenvalue weighted by Gasteiger charge is -2.32. The van der Waals surface area contributed by atoms with E-state index in [-0.39, 0.29) is 23.5 Å². The normalized spacial score (nSPS) is 17.0. The largest absolute Gasteiger partial charge is 0.356 e. The van der Waals surface area contributed by atoms with Gasteiger partial charge in [-0.3, -0.25) is 9.59 Å². The highest BCUT2D eigenvalue weighted by molar-refractivity contribution is 5.95. The molecule has 1 aromatic carbocycles. The molecule has 1 N–H and O–H groups in total. The number of likely N-dealkylation sites (tertiary alicyclic amines) is 1. The number of halogens is 1. The summed E-state index contributed by atoms with van der Waals surface area (Å²) in [6.07, 6.45) is 4.04. The van der Waals surface area contributed by atoms with Crippen molar-refractivity contribution in [3.63, 3.8) is 0 Å². The Kier molecular flexibility index (Phi) is 5.88. The van der Waals surface area contributed by atoms with Crippen LogP contribution in [0.15, 0.2) is 30.5 Å². The highest BCUT2D eigenvalue weighted by atomic mass is 19.1. The number of benzene rings is 1. The van der Waals surface area contributed by atoms with Crippen LogP contribution >= 0.6 is 0 Å². The van der Waals surface area contributed by atoms with Crippen LogP contribution in [0.25, 0.3) is 5.69 Å². The number of hydrogen-bond acceptors (Lipinski definition) is 3. The Morgan fingerprint density at radius 1 is 1.30 bits per heavy atom. The quantitative estimate of drug-likeness (QED) is 0.878. The lowest BCUT2D eigenvalue weighted by Crippen LogP contribution is -2.45. The van der Waals surface area contributed by atoms with E-state index in [1.807, 2.05) is 13.8 Å². The van der Waals surface area contributed by atoms with Gasteiger partial charge in [0.05, 0.1) is 29.1 Å². The van der Waals surface area contributed by atoms with E-state index in [2.05, 4.69) is 10.4 Å². The number of carbonyl (C=O) groups excluding carboxylic acids is 2. The number of hydrogen-bond donors (Lipinski definition) is 1. The van der Waals surface area contributed by atoms with Crippen molar-refractivity contribution < 1.29 is 14.0 Å². The molecule has 0 spiro atoms. The van der Waals surface area contributed by atoms with E-state index in [1.54, 1.807) is 27.9 Å². The van der Waals surface area contributed by atoms with Gasteiger partial charge >= 0.3 is 0 Å². The van der Waals surface area contributed by atoms with E-state index >= 15 is 0 Å². The minimum absolute atomic E-state index is 0.0214. The molecule has 2 heterocycles. The number of nitrogens with one attached hydrogen (secondary N) is 1. The van der Waals surface area contributed by atoms with Crippen LogP contribution in [0.1, 0.15) is 42.2 Å². The summed E-state index contributed by atoms with van der Waals surface area (Å²) in [5.74, 6) is -0.579. The first-order valence-electron chi connectivity index (χ1n) is 9.38. The number of nitrogens with zero attached hydrogens (tertiary/aromatic N) is 3. The number of aromatic nitrogens is 2. The summed E-state index contributed by atoms with van der Waals surface area (Å²) in [4.78, 5) is 27.0. The lowest BCUT2D eigenvalue weighted by molar-refractivity contribution is -0.126. The van der Waals surface area contributed by atoms with Crippen LogP contribution in [0.4, 0.5) is 4.39 Å². The van der Waals surface area contributed by atoms with Crippen molar-refractivity contribution in [3.05, 3.63) is 47.5 Å². The summed E-state index contributed by atoms with van der Waals surface area (Å²) in [6, 6.07) is 5.97. The van der Waals surface area contributed by atoms with E-state index in [1.165, 1.54) is 12.1 Å². The molecule has 7 heteroatoms. The van der Waals surface area contributed by atoms with Gasteiger partial charge in [-0.15, -0.1) is 0 Å². The Balaban J connectivity index is 1.74. The van der Waals surface area contributed by atoms with Gasteiger partial charge in [0.25, 0.3) is 5.91 Å². The van der Waals surface area contributed by atoms with E-state index in [0.29, 0.717) is 36.6 Å². The van der Waals surface area contributed by atoms with Crippen molar-refractivity contribution in [2.45, 2.75) is 33.1 Å². The molecule has 27 heavy (non-hydrogen) atoms. The molecule has 1 fully saturated rings. The van der Waals surface area contributed by atoms with E-state index in [9.17, 15) is 14.0 Å². The average Bonchev–Trinajstić information content (AvgIpc) is 3.07. The van der Waals surface area contributed by atoms with Crippen LogP contribution in [0.5, 0.6) is 0 Å².